The Morgan fingerprint density at radius 2 is 2.22 bits per heavy atom. The fourth-order valence-corrected chi connectivity index (χ4v) is 4.88. The summed E-state index contributed by atoms with van der Waals surface area (Å²) in [5, 5.41) is 4.66. The third-order valence-electron chi connectivity index (χ3n) is 3.46. The van der Waals surface area contributed by atoms with Crippen molar-refractivity contribution >= 4 is 22.7 Å². The quantitative estimate of drug-likeness (QED) is 0.925. The highest BCUT2D eigenvalue weighted by molar-refractivity contribution is 7.13. The van der Waals surface area contributed by atoms with E-state index in [-0.39, 0.29) is 6.04 Å². The van der Waals surface area contributed by atoms with Crippen LogP contribution in [0, 0.1) is 0 Å². The first-order valence-electron chi connectivity index (χ1n) is 6.56. The molecule has 1 aliphatic rings. The summed E-state index contributed by atoms with van der Waals surface area (Å²) in [6, 6.07) is 4.77. The van der Waals surface area contributed by atoms with Gasteiger partial charge in [-0.25, -0.2) is 4.98 Å². The summed E-state index contributed by atoms with van der Waals surface area (Å²) in [5.74, 6) is 0. The standard InChI is InChI=1S/C14H18N2S2/c1-3-9-7-8-12(17-9)13(15-2)14-16-10-5-4-6-11(10)18-14/h7-8,13,15H,3-6H2,1-2H3. The molecule has 1 atom stereocenters. The van der Waals surface area contributed by atoms with Gasteiger partial charge in [0.15, 0.2) is 0 Å². The Balaban J connectivity index is 1.91. The number of aromatic nitrogens is 1. The van der Waals surface area contributed by atoms with E-state index in [9.17, 15) is 0 Å². The highest BCUT2D eigenvalue weighted by Crippen LogP contribution is 2.35. The Labute approximate surface area is 116 Å². The summed E-state index contributed by atoms with van der Waals surface area (Å²) in [4.78, 5) is 9.19. The number of thiophene rings is 1. The summed E-state index contributed by atoms with van der Waals surface area (Å²) in [6.45, 7) is 2.21. The van der Waals surface area contributed by atoms with Gasteiger partial charge in [-0.3, -0.25) is 0 Å². The van der Waals surface area contributed by atoms with E-state index < -0.39 is 0 Å². The number of hydrogen-bond donors (Lipinski definition) is 1. The van der Waals surface area contributed by atoms with Crippen molar-refractivity contribution in [2.45, 2.75) is 38.6 Å². The van der Waals surface area contributed by atoms with Crippen LogP contribution in [0.3, 0.4) is 0 Å². The van der Waals surface area contributed by atoms with Crippen molar-refractivity contribution in [2.75, 3.05) is 7.05 Å². The molecule has 2 aromatic heterocycles. The van der Waals surface area contributed by atoms with Gasteiger partial charge in [-0.1, -0.05) is 6.92 Å². The molecule has 0 saturated carbocycles. The van der Waals surface area contributed by atoms with Gasteiger partial charge in [-0.2, -0.15) is 0 Å². The molecular weight excluding hydrogens is 260 g/mol. The van der Waals surface area contributed by atoms with Gasteiger partial charge >= 0.3 is 0 Å². The minimum absolute atomic E-state index is 0.283. The van der Waals surface area contributed by atoms with Gasteiger partial charge in [-0.05, 0) is 44.9 Å². The Morgan fingerprint density at radius 1 is 1.33 bits per heavy atom. The van der Waals surface area contributed by atoms with Crippen LogP contribution in [-0.4, -0.2) is 12.0 Å². The number of rotatable bonds is 4. The molecular formula is C14H18N2S2. The summed E-state index contributed by atoms with van der Waals surface area (Å²) >= 11 is 3.80. The van der Waals surface area contributed by atoms with Crippen molar-refractivity contribution in [2.24, 2.45) is 0 Å². The molecule has 0 aliphatic heterocycles. The number of nitrogens with zero attached hydrogens (tertiary/aromatic N) is 1. The molecule has 3 rings (SSSR count). The van der Waals surface area contributed by atoms with Crippen molar-refractivity contribution in [1.82, 2.24) is 10.3 Å². The van der Waals surface area contributed by atoms with E-state index in [1.165, 1.54) is 44.6 Å². The van der Waals surface area contributed by atoms with Crippen LogP contribution in [0.4, 0.5) is 0 Å². The fourth-order valence-electron chi connectivity index (χ4n) is 2.46. The second kappa shape index (κ2) is 5.11. The average molecular weight is 278 g/mol. The SMILES string of the molecule is CCc1ccc(C(NC)c2nc3c(s2)CCC3)s1. The van der Waals surface area contributed by atoms with Gasteiger partial charge in [0.05, 0.1) is 11.7 Å². The summed E-state index contributed by atoms with van der Waals surface area (Å²) in [7, 11) is 2.03. The van der Waals surface area contributed by atoms with Crippen LogP contribution in [0.25, 0.3) is 0 Å². The summed E-state index contributed by atoms with van der Waals surface area (Å²) in [5.41, 5.74) is 1.35. The van der Waals surface area contributed by atoms with Crippen molar-refractivity contribution in [3.05, 3.63) is 37.5 Å². The molecule has 96 valence electrons. The van der Waals surface area contributed by atoms with Crippen molar-refractivity contribution in [3.63, 3.8) is 0 Å². The highest BCUT2D eigenvalue weighted by Gasteiger charge is 2.23. The lowest BCUT2D eigenvalue weighted by molar-refractivity contribution is 0.694. The van der Waals surface area contributed by atoms with Gasteiger partial charge in [0, 0.05) is 14.6 Å². The Morgan fingerprint density at radius 3 is 2.89 bits per heavy atom. The van der Waals surface area contributed by atoms with Gasteiger partial charge in [0.2, 0.25) is 0 Å². The number of aryl methyl sites for hydroxylation is 3. The maximum absolute atomic E-state index is 4.84. The lowest BCUT2D eigenvalue weighted by Gasteiger charge is -2.11. The largest absolute Gasteiger partial charge is 0.307 e. The van der Waals surface area contributed by atoms with E-state index in [1.807, 2.05) is 29.7 Å². The first-order chi connectivity index (χ1) is 8.81. The van der Waals surface area contributed by atoms with E-state index in [0.29, 0.717) is 0 Å². The molecule has 0 fully saturated rings. The normalized spacial score (nSPS) is 15.9. The third kappa shape index (κ3) is 2.13. The van der Waals surface area contributed by atoms with Crippen LogP contribution in [0.15, 0.2) is 12.1 Å². The number of fused-ring (bicyclic) bond motifs is 1. The molecule has 1 N–H and O–H groups in total. The van der Waals surface area contributed by atoms with Crippen LogP contribution in [0.1, 0.15) is 44.7 Å². The molecule has 0 aromatic carbocycles. The smallest absolute Gasteiger partial charge is 0.115 e. The molecule has 2 heterocycles. The van der Waals surface area contributed by atoms with Crippen molar-refractivity contribution in [3.8, 4) is 0 Å². The molecule has 0 amide bonds. The second-order valence-electron chi connectivity index (χ2n) is 4.65. The second-order valence-corrected chi connectivity index (χ2v) is 6.97. The molecule has 1 aliphatic carbocycles. The Kier molecular flexibility index (Phi) is 3.50. The lowest BCUT2D eigenvalue weighted by atomic mass is 10.2. The molecule has 4 heteroatoms. The number of thiazole rings is 1. The van der Waals surface area contributed by atoms with Crippen LogP contribution >= 0.6 is 22.7 Å². The molecule has 2 aromatic rings. The van der Waals surface area contributed by atoms with E-state index in [2.05, 4.69) is 24.4 Å². The molecule has 18 heavy (non-hydrogen) atoms. The molecule has 0 radical (unpaired) electrons. The van der Waals surface area contributed by atoms with Gasteiger partial charge < -0.3 is 5.32 Å². The van der Waals surface area contributed by atoms with Crippen LogP contribution in [0.5, 0.6) is 0 Å². The van der Waals surface area contributed by atoms with Crippen LogP contribution in [-0.2, 0) is 19.3 Å². The first-order valence-corrected chi connectivity index (χ1v) is 8.19. The predicted molar refractivity (Wildman–Crippen MR) is 78.7 cm³/mol. The molecule has 2 nitrogen and oxygen atoms in total. The predicted octanol–water partition coefficient (Wildman–Crippen LogP) is 3.56. The van der Waals surface area contributed by atoms with Crippen molar-refractivity contribution in [1.29, 1.82) is 0 Å². The topological polar surface area (TPSA) is 24.9 Å². The highest BCUT2D eigenvalue weighted by atomic mass is 32.1. The van der Waals surface area contributed by atoms with Crippen LogP contribution < -0.4 is 5.32 Å². The minimum Gasteiger partial charge on any atom is -0.307 e. The zero-order valence-corrected chi connectivity index (χ0v) is 12.5. The fraction of sp³-hybridized carbons (Fsp3) is 0.500. The minimum atomic E-state index is 0.283. The molecule has 0 saturated heterocycles. The van der Waals surface area contributed by atoms with Crippen LogP contribution in [0.2, 0.25) is 0 Å². The third-order valence-corrected chi connectivity index (χ3v) is 5.98. The van der Waals surface area contributed by atoms with E-state index >= 15 is 0 Å². The lowest BCUT2D eigenvalue weighted by Crippen LogP contribution is -2.16. The van der Waals surface area contributed by atoms with E-state index in [0.717, 1.165) is 6.42 Å². The zero-order valence-electron chi connectivity index (χ0n) is 10.8. The Hall–Kier alpha value is -0.710. The number of nitrogens with one attached hydrogen (secondary N) is 1. The average Bonchev–Trinajstić information content (AvgIpc) is 3.04. The monoisotopic (exact) mass is 278 g/mol. The first kappa shape index (κ1) is 12.3. The molecule has 0 spiro atoms. The maximum Gasteiger partial charge on any atom is 0.115 e. The summed E-state index contributed by atoms with van der Waals surface area (Å²) in [6.07, 6.45) is 4.81. The molecule has 0 bridgehead atoms. The zero-order chi connectivity index (χ0) is 12.5. The van der Waals surface area contributed by atoms with Gasteiger partial charge in [0.1, 0.15) is 5.01 Å². The molecule has 1 unspecified atom stereocenters. The maximum atomic E-state index is 4.84. The Bertz CT molecular complexity index is 520. The number of hydrogen-bond acceptors (Lipinski definition) is 4. The van der Waals surface area contributed by atoms with Crippen molar-refractivity contribution < 1.29 is 0 Å². The van der Waals surface area contributed by atoms with E-state index in [4.69, 9.17) is 4.98 Å². The summed E-state index contributed by atoms with van der Waals surface area (Å²) < 4.78 is 0. The van der Waals surface area contributed by atoms with Gasteiger partial charge in [0.25, 0.3) is 0 Å². The van der Waals surface area contributed by atoms with Gasteiger partial charge in [-0.15, -0.1) is 22.7 Å². The van der Waals surface area contributed by atoms with E-state index in [1.54, 1.807) is 0 Å².